The molecule has 0 saturated carbocycles. The summed E-state index contributed by atoms with van der Waals surface area (Å²) < 4.78 is 25.1. The van der Waals surface area contributed by atoms with Crippen LogP contribution in [0.3, 0.4) is 0 Å². The van der Waals surface area contributed by atoms with Crippen molar-refractivity contribution in [2.24, 2.45) is 0 Å². The smallest absolute Gasteiger partial charge is 0.334 e. The quantitative estimate of drug-likeness (QED) is 0.771. The van der Waals surface area contributed by atoms with E-state index >= 15 is 0 Å². The van der Waals surface area contributed by atoms with E-state index in [0.29, 0.717) is 9.69 Å². The van der Waals surface area contributed by atoms with Crippen LogP contribution in [0.4, 0.5) is 8.78 Å². The summed E-state index contributed by atoms with van der Waals surface area (Å²) in [5.74, 6) is -0.603. The van der Waals surface area contributed by atoms with Gasteiger partial charge in [0.1, 0.15) is 10.0 Å². The molecule has 10 heteroatoms. The first-order chi connectivity index (χ1) is 11.1. The zero-order valence-electron chi connectivity index (χ0n) is 11.6. The molecule has 0 fully saturated rings. The first kappa shape index (κ1) is 15.2. The number of aromatic nitrogens is 5. The molecule has 0 saturated heterocycles. The van der Waals surface area contributed by atoms with Crippen LogP contribution in [-0.4, -0.2) is 31.1 Å². The third kappa shape index (κ3) is 3.54. The maximum absolute atomic E-state index is 12.4. The molecule has 0 unspecified atom stereocenters. The summed E-state index contributed by atoms with van der Waals surface area (Å²) in [7, 11) is 0. The van der Waals surface area contributed by atoms with Gasteiger partial charge >= 0.3 is 6.55 Å². The van der Waals surface area contributed by atoms with Crippen molar-refractivity contribution in [2.45, 2.75) is 13.1 Å². The second-order valence-corrected chi connectivity index (χ2v) is 5.47. The molecule has 1 aromatic carbocycles. The van der Waals surface area contributed by atoms with Gasteiger partial charge in [0.05, 0.1) is 12.7 Å². The van der Waals surface area contributed by atoms with Crippen molar-refractivity contribution in [3.05, 3.63) is 47.2 Å². The van der Waals surface area contributed by atoms with Crippen LogP contribution in [0.5, 0.6) is 0 Å². The molecule has 1 amide bonds. The van der Waals surface area contributed by atoms with Gasteiger partial charge in [-0.1, -0.05) is 46.9 Å². The number of alkyl halides is 2. The third-order valence-electron chi connectivity index (χ3n) is 2.83. The maximum atomic E-state index is 12.4. The van der Waals surface area contributed by atoms with Crippen LogP contribution in [0.15, 0.2) is 36.5 Å². The number of nitrogens with one attached hydrogen (secondary N) is 1. The van der Waals surface area contributed by atoms with Gasteiger partial charge in [-0.15, -0.1) is 15.3 Å². The van der Waals surface area contributed by atoms with Crippen molar-refractivity contribution in [3.8, 4) is 10.6 Å². The highest BCUT2D eigenvalue weighted by Gasteiger charge is 2.15. The molecule has 0 radical (unpaired) electrons. The first-order valence-electron chi connectivity index (χ1n) is 6.49. The Balaban J connectivity index is 1.62. The van der Waals surface area contributed by atoms with Gasteiger partial charge in [0.25, 0.3) is 5.91 Å². The molecule has 1 N–H and O–H groups in total. The van der Waals surface area contributed by atoms with Crippen LogP contribution in [0.25, 0.3) is 10.6 Å². The van der Waals surface area contributed by atoms with Crippen molar-refractivity contribution in [2.75, 3.05) is 0 Å². The number of hydrogen-bond donors (Lipinski definition) is 1. The van der Waals surface area contributed by atoms with E-state index in [1.165, 1.54) is 11.3 Å². The minimum atomic E-state index is -2.83. The second-order valence-electron chi connectivity index (χ2n) is 4.41. The van der Waals surface area contributed by atoms with Crippen molar-refractivity contribution in [1.82, 2.24) is 30.5 Å². The molecule has 0 aliphatic heterocycles. The third-order valence-corrected chi connectivity index (χ3v) is 3.80. The molecular formula is C13H10F2N6OS. The highest BCUT2D eigenvalue weighted by Crippen LogP contribution is 2.22. The van der Waals surface area contributed by atoms with Crippen LogP contribution >= 0.6 is 11.3 Å². The lowest BCUT2D eigenvalue weighted by Gasteiger charge is -1.98. The van der Waals surface area contributed by atoms with Gasteiger partial charge in [0.15, 0.2) is 5.69 Å². The van der Waals surface area contributed by atoms with E-state index in [0.717, 1.165) is 16.8 Å². The summed E-state index contributed by atoms with van der Waals surface area (Å²) in [6.07, 6.45) is 0.884. The van der Waals surface area contributed by atoms with Crippen molar-refractivity contribution in [3.63, 3.8) is 0 Å². The summed E-state index contributed by atoms with van der Waals surface area (Å²) in [5, 5.41) is 18.5. The predicted molar refractivity (Wildman–Crippen MR) is 77.8 cm³/mol. The molecule has 118 valence electrons. The van der Waals surface area contributed by atoms with Gasteiger partial charge in [-0.05, 0) is 0 Å². The Morgan fingerprint density at radius 2 is 2.00 bits per heavy atom. The standard InChI is InChI=1S/C13H10F2N6OS/c14-13(15)21-7-9(17-20-21)11(22)16-6-10-18-19-12(23-10)8-4-2-1-3-5-8/h1-5,7,13H,6H2,(H,16,22). The van der Waals surface area contributed by atoms with Crippen molar-refractivity contribution < 1.29 is 13.6 Å². The molecule has 0 aliphatic carbocycles. The van der Waals surface area contributed by atoms with Gasteiger partial charge in [-0.25, -0.2) is 0 Å². The molecule has 7 nitrogen and oxygen atoms in total. The lowest BCUT2D eigenvalue weighted by Crippen LogP contribution is -2.23. The van der Waals surface area contributed by atoms with Gasteiger partial charge in [-0.3, -0.25) is 4.79 Å². The van der Waals surface area contributed by atoms with E-state index in [9.17, 15) is 13.6 Å². The van der Waals surface area contributed by atoms with Crippen LogP contribution in [0, 0.1) is 0 Å². The average molecular weight is 336 g/mol. The first-order valence-corrected chi connectivity index (χ1v) is 7.31. The molecule has 2 heterocycles. The normalized spacial score (nSPS) is 10.9. The Morgan fingerprint density at radius 3 is 2.70 bits per heavy atom. The maximum Gasteiger partial charge on any atom is 0.334 e. The predicted octanol–water partition coefficient (Wildman–Crippen LogP) is 2.12. The molecule has 0 atom stereocenters. The minimum absolute atomic E-state index is 0.130. The van der Waals surface area contributed by atoms with E-state index < -0.39 is 12.5 Å². The fourth-order valence-corrected chi connectivity index (χ4v) is 2.53. The Bertz CT molecular complexity index is 804. The number of carbonyl (C=O) groups is 1. The zero-order valence-corrected chi connectivity index (χ0v) is 12.4. The number of halogens is 2. The molecule has 0 aliphatic rings. The lowest BCUT2D eigenvalue weighted by atomic mass is 10.2. The molecule has 3 aromatic rings. The van der Waals surface area contributed by atoms with Crippen LogP contribution in [-0.2, 0) is 6.54 Å². The minimum Gasteiger partial charge on any atom is -0.344 e. The van der Waals surface area contributed by atoms with Crippen molar-refractivity contribution >= 4 is 17.2 Å². The Morgan fingerprint density at radius 1 is 1.22 bits per heavy atom. The van der Waals surface area contributed by atoms with Crippen molar-refractivity contribution in [1.29, 1.82) is 0 Å². The van der Waals surface area contributed by atoms with E-state index in [-0.39, 0.29) is 12.2 Å². The Hall–Kier alpha value is -2.75. The van der Waals surface area contributed by atoms with E-state index in [4.69, 9.17) is 0 Å². The number of carbonyl (C=O) groups excluding carboxylic acids is 1. The molecule has 2 aromatic heterocycles. The summed E-state index contributed by atoms with van der Waals surface area (Å²) in [5.41, 5.74) is 0.751. The largest absolute Gasteiger partial charge is 0.344 e. The number of rotatable bonds is 5. The molecule has 3 rings (SSSR count). The number of nitrogens with zero attached hydrogens (tertiary/aromatic N) is 5. The lowest BCUT2D eigenvalue weighted by molar-refractivity contribution is 0.0546. The summed E-state index contributed by atoms with van der Waals surface area (Å²) in [4.78, 5) is 11.8. The molecular weight excluding hydrogens is 326 g/mol. The topological polar surface area (TPSA) is 85.6 Å². The molecule has 23 heavy (non-hydrogen) atoms. The SMILES string of the molecule is O=C(NCc1nnc(-c2ccccc2)s1)c1cn(C(F)F)nn1. The van der Waals surface area contributed by atoms with E-state index in [1.807, 2.05) is 30.3 Å². The van der Waals surface area contributed by atoms with E-state index in [1.54, 1.807) is 0 Å². The highest BCUT2D eigenvalue weighted by atomic mass is 32.1. The number of hydrogen-bond acceptors (Lipinski definition) is 6. The zero-order chi connectivity index (χ0) is 16.2. The summed E-state index contributed by atoms with van der Waals surface area (Å²) >= 11 is 1.34. The fraction of sp³-hybridized carbons (Fsp3) is 0.154. The van der Waals surface area contributed by atoms with Gasteiger partial charge in [-0.2, -0.15) is 13.5 Å². The van der Waals surface area contributed by atoms with Crippen LogP contribution in [0.2, 0.25) is 0 Å². The van der Waals surface area contributed by atoms with E-state index in [2.05, 4.69) is 25.8 Å². The van der Waals surface area contributed by atoms with Crippen LogP contribution in [0.1, 0.15) is 22.0 Å². The van der Waals surface area contributed by atoms with Gasteiger partial charge in [0, 0.05) is 5.56 Å². The number of amides is 1. The Labute approximate surface area is 133 Å². The van der Waals surface area contributed by atoms with Gasteiger partial charge in [0.2, 0.25) is 0 Å². The second kappa shape index (κ2) is 6.57. The molecule has 0 bridgehead atoms. The fourth-order valence-electron chi connectivity index (χ4n) is 1.75. The summed E-state index contributed by atoms with van der Waals surface area (Å²) in [6.45, 7) is -2.70. The van der Waals surface area contributed by atoms with Crippen LogP contribution < -0.4 is 5.32 Å². The molecule has 0 spiro atoms. The Kier molecular flexibility index (Phi) is 4.33. The highest BCUT2D eigenvalue weighted by molar-refractivity contribution is 7.14. The van der Waals surface area contributed by atoms with Gasteiger partial charge < -0.3 is 5.32 Å². The number of benzene rings is 1. The monoisotopic (exact) mass is 336 g/mol. The summed E-state index contributed by atoms with van der Waals surface area (Å²) in [6, 6.07) is 9.50. The average Bonchev–Trinajstić information content (AvgIpc) is 3.23.